The van der Waals surface area contributed by atoms with Gasteiger partial charge in [-0.3, -0.25) is 9.59 Å². The van der Waals surface area contributed by atoms with Crippen molar-refractivity contribution in [3.63, 3.8) is 0 Å². The predicted molar refractivity (Wildman–Crippen MR) is 79.8 cm³/mol. The largest absolute Gasteiger partial charge is 0.482 e. The van der Waals surface area contributed by atoms with Crippen LogP contribution in [0.5, 0.6) is 5.75 Å². The monoisotopic (exact) mass is 291 g/mol. The molecule has 114 valence electrons. The molecule has 2 N–H and O–H groups in total. The molecule has 1 aromatic carbocycles. The number of carbonyl (C=O) groups is 2. The van der Waals surface area contributed by atoms with E-state index >= 15 is 0 Å². The van der Waals surface area contributed by atoms with Crippen LogP contribution in [0.4, 0.5) is 5.69 Å². The first-order valence-corrected chi connectivity index (χ1v) is 7.07. The number of nitrogens with zero attached hydrogens (tertiary/aromatic N) is 2. The molecule has 1 aliphatic heterocycles. The molecule has 0 saturated carbocycles. The minimum absolute atomic E-state index is 0.0115. The van der Waals surface area contributed by atoms with E-state index < -0.39 is 0 Å². The first-order valence-electron chi connectivity index (χ1n) is 7.07. The molecular weight excluding hydrogens is 270 g/mol. The Morgan fingerprint density at radius 2 is 1.95 bits per heavy atom. The molecule has 0 unspecified atom stereocenters. The van der Waals surface area contributed by atoms with Gasteiger partial charge in [0.2, 0.25) is 5.91 Å². The van der Waals surface area contributed by atoms with Gasteiger partial charge in [0, 0.05) is 20.1 Å². The number of anilines is 1. The third-order valence-electron chi connectivity index (χ3n) is 3.53. The molecule has 0 bridgehead atoms. The standard InChI is InChI=1S/C15H21N3O3/c1-17(10-14(19)18-8-4-5-9-18)15(20)11-21-13-7-3-2-6-12(13)16/h2-3,6-7H,4-5,8-11,16H2,1H3. The lowest BCUT2D eigenvalue weighted by Crippen LogP contribution is -2.41. The fourth-order valence-electron chi connectivity index (χ4n) is 2.22. The normalized spacial score (nSPS) is 14.0. The first-order chi connectivity index (χ1) is 10.1. The SMILES string of the molecule is CN(CC(=O)N1CCCC1)C(=O)COc1ccccc1N. The topological polar surface area (TPSA) is 75.9 Å². The van der Waals surface area contributed by atoms with Crippen molar-refractivity contribution in [2.24, 2.45) is 0 Å². The number of likely N-dealkylation sites (N-methyl/N-ethyl adjacent to an activating group) is 1. The van der Waals surface area contributed by atoms with Crippen LogP contribution in [0.3, 0.4) is 0 Å². The predicted octanol–water partition coefficient (Wildman–Crippen LogP) is 0.728. The molecule has 1 fully saturated rings. The van der Waals surface area contributed by atoms with Gasteiger partial charge in [-0.25, -0.2) is 0 Å². The summed E-state index contributed by atoms with van der Waals surface area (Å²) in [5, 5.41) is 0. The molecule has 0 radical (unpaired) electrons. The van der Waals surface area contributed by atoms with Crippen LogP contribution in [0.25, 0.3) is 0 Å². The van der Waals surface area contributed by atoms with Crippen molar-refractivity contribution < 1.29 is 14.3 Å². The van der Waals surface area contributed by atoms with Crippen LogP contribution in [0.1, 0.15) is 12.8 Å². The van der Waals surface area contributed by atoms with Gasteiger partial charge >= 0.3 is 0 Å². The van der Waals surface area contributed by atoms with Crippen molar-refractivity contribution >= 4 is 17.5 Å². The molecule has 0 aliphatic carbocycles. The maximum atomic E-state index is 12.0. The molecule has 0 spiro atoms. The zero-order valence-electron chi connectivity index (χ0n) is 12.2. The second kappa shape index (κ2) is 6.97. The number of rotatable bonds is 5. The van der Waals surface area contributed by atoms with E-state index in [0.29, 0.717) is 11.4 Å². The van der Waals surface area contributed by atoms with Gasteiger partial charge in [-0.2, -0.15) is 0 Å². The maximum absolute atomic E-state index is 12.0. The molecule has 21 heavy (non-hydrogen) atoms. The molecule has 1 aliphatic rings. The van der Waals surface area contributed by atoms with Crippen molar-refractivity contribution in [2.75, 3.05) is 39.0 Å². The van der Waals surface area contributed by atoms with Crippen molar-refractivity contribution in [3.8, 4) is 5.75 Å². The Balaban J connectivity index is 1.79. The van der Waals surface area contributed by atoms with E-state index in [1.54, 1.807) is 36.2 Å². The Morgan fingerprint density at radius 1 is 1.29 bits per heavy atom. The summed E-state index contributed by atoms with van der Waals surface area (Å²) in [4.78, 5) is 27.1. The van der Waals surface area contributed by atoms with Crippen LogP contribution in [-0.2, 0) is 9.59 Å². The molecule has 6 nitrogen and oxygen atoms in total. The number of ether oxygens (including phenoxy) is 1. The third-order valence-corrected chi connectivity index (χ3v) is 3.53. The minimum Gasteiger partial charge on any atom is -0.482 e. The summed E-state index contributed by atoms with van der Waals surface area (Å²) < 4.78 is 5.39. The van der Waals surface area contributed by atoms with E-state index in [9.17, 15) is 9.59 Å². The van der Waals surface area contributed by atoms with Crippen LogP contribution in [0, 0.1) is 0 Å². The highest BCUT2D eigenvalue weighted by Crippen LogP contribution is 2.19. The van der Waals surface area contributed by atoms with Crippen LogP contribution in [-0.4, -0.2) is 54.9 Å². The van der Waals surface area contributed by atoms with E-state index in [-0.39, 0.29) is 25.0 Å². The number of amides is 2. The molecule has 0 atom stereocenters. The molecule has 1 heterocycles. The Hall–Kier alpha value is -2.24. The lowest BCUT2D eigenvalue weighted by molar-refractivity contribution is -0.139. The van der Waals surface area contributed by atoms with Crippen molar-refractivity contribution in [1.82, 2.24) is 9.80 Å². The van der Waals surface area contributed by atoms with E-state index in [0.717, 1.165) is 25.9 Å². The zero-order chi connectivity index (χ0) is 15.2. The quantitative estimate of drug-likeness (QED) is 0.811. The van der Waals surface area contributed by atoms with Gasteiger partial charge in [0.15, 0.2) is 6.61 Å². The molecule has 2 amide bonds. The van der Waals surface area contributed by atoms with Gasteiger partial charge in [-0.1, -0.05) is 12.1 Å². The van der Waals surface area contributed by atoms with Crippen molar-refractivity contribution in [3.05, 3.63) is 24.3 Å². The molecule has 2 rings (SSSR count). The highest BCUT2D eigenvalue weighted by molar-refractivity contribution is 5.85. The molecule has 1 aromatic rings. The summed E-state index contributed by atoms with van der Waals surface area (Å²) in [6.07, 6.45) is 2.08. The highest BCUT2D eigenvalue weighted by Gasteiger charge is 2.21. The zero-order valence-corrected chi connectivity index (χ0v) is 12.2. The van der Waals surface area contributed by atoms with Crippen LogP contribution in [0.15, 0.2) is 24.3 Å². The average molecular weight is 291 g/mol. The second-order valence-corrected chi connectivity index (χ2v) is 5.16. The number of nitrogens with two attached hydrogens (primary N) is 1. The minimum atomic E-state index is -0.245. The smallest absolute Gasteiger partial charge is 0.260 e. The summed E-state index contributed by atoms with van der Waals surface area (Å²) in [5.74, 6) is 0.221. The number of hydrogen-bond acceptors (Lipinski definition) is 4. The number of carbonyl (C=O) groups excluding carboxylic acids is 2. The number of nitrogen functional groups attached to an aromatic ring is 1. The Kier molecular flexibility index (Phi) is 5.03. The van der Waals surface area contributed by atoms with E-state index in [1.165, 1.54) is 4.90 Å². The Labute approximate surface area is 124 Å². The summed E-state index contributed by atoms with van der Waals surface area (Å²) >= 11 is 0. The summed E-state index contributed by atoms with van der Waals surface area (Å²) in [5.41, 5.74) is 6.22. The molecular formula is C15H21N3O3. The summed E-state index contributed by atoms with van der Waals surface area (Å²) in [6.45, 7) is 1.54. The number of benzene rings is 1. The van der Waals surface area contributed by atoms with Gasteiger partial charge in [0.1, 0.15) is 5.75 Å². The maximum Gasteiger partial charge on any atom is 0.260 e. The number of para-hydroxylation sites is 2. The van der Waals surface area contributed by atoms with E-state index in [4.69, 9.17) is 10.5 Å². The van der Waals surface area contributed by atoms with Gasteiger partial charge in [0.25, 0.3) is 5.91 Å². The average Bonchev–Trinajstić information content (AvgIpc) is 3.00. The van der Waals surface area contributed by atoms with Crippen LogP contribution < -0.4 is 10.5 Å². The third kappa shape index (κ3) is 4.11. The van der Waals surface area contributed by atoms with Gasteiger partial charge in [0.05, 0.1) is 12.2 Å². The van der Waals surface area contributed by atoms with Crippen LogP contribution >= 0.6 is 0 Å². The van der Waals surface area contributed by atoms with E-state index in [2.05, 4.69) is 0 Å². The fourth-order valence-corrected chi connectivity index (χ4v) is 2.22. The Bertz CT molecular complexity index is 513. The lowest BCUT2D eigenvalue weighted by Gasteiger charge is -2.21. The van der Waals surface area contributed by atoms with Crippen molar-refractivity contribution in [1.29, 1.82) is 0 Å². The number of likely N-dealkylation sites (tertiary alicyclic amines) is 1. The second-order valence-electron chi connectivity index (χ2n) is 5.16. The lowest BCUT2D eigenvalue weighted by atomic mass is 10.3. The van der Waals surface area contributed by atoms with Gasteiger partial charge in [-0.05, 0) is 25.0 Å². The number of hydrogen-bond donors (Lipinski definition) is 1. The molecule has 0 aromatic heterocycles. The Morgan fingerprint density at radius 3 is 2.62 bits per heavy atom. The van der Waals surface area contributed by atoms with Gasteiger partial charge < -0.3 is 20.3 Å². The highest BCUT2D eigenvalue weighted by atomic mass is 16.5. The summed E-state index contributed by atoms with van der Waals surface area (Å²) in [6, 6.07) is 7.00. The fraction of sp³-hybridized carbons (Fsp3) is 0.467. The molecule has 6 heteroatoms. The first kappa shape index (κ1) is 15.2. The van der Waals surface area contributed by atoms with E-state index in [1.807, 2.05) is 0 Å². The van der Waals surface area contributed by atoms with Crippen LogP contribution in [0.2, 0.25) is 0 Å². The molecule has 1 saturated heterocycles. The van der Waals surface area contributed by atoms with Crippen molar-refractivity contribution in [2.45, 2.75) is 12.8 Å². The summed E-state index contributed by atoms with van der Waals surface area (Å²) in [7, 11) is 1.61. The van der Waals surface area contributed by atoms with Gasteiger partial charge in [-0.15, -0.1) is 0 Å².